The molecular formula is C17H16N2O5S. The highest BCUT2D eigenvalue weighted by Crippen LogP contribution is 2.23. The smallest absolute Gasteiger partial charge is 0.307 e. The van der Waals surface area contributed by atoms with E-state index in [2.05, 4.69) is 5.32 Å². The van der Waals surface area contributed by atoms with Crippen molar-refractivity contribution in [2.75, 3.05) is 17.7 Å². The Morgan fingerprint density at radius 1 is 1.08 bits per heavy atom. The first-order chi connectivity index (χ1) is 12.1. The molecule has 2 aromatic rings. The molecule has 0 unspecified atom stereocenters. The van der Waals surface area contributed by atoms with Gasteiger partial charge in [0.15, 0.2) is 6.61 Å². The molecule has 0 saturated carbocycles. The van der Waals surface area contributed by atoms with E-state index < -0.39 is 23.4 Å². The van der Waals surface area contributed by atoms with Crippen LogP contribution in [0.4, 0.5) is 11.4 Å². The van der Waals surface area contributed by atoms with Gasteiger partial charge in [-0.3, -0.25) is 19.7 Å². The van der Waals surface area contributed by atoms with Crippen LogP contribution in [-0.4, -0.2) is 29.2 Å². The average molecular weight is 360 g/mol. The molecule has 0 spiro atoms. The number of esters is 1. The molecule has 0 aliphatic rings. The number of amides is 1. The van der Waals surface area contributed by atoms with Gasteiger partial charge in [0, 0.05) is 16.7 Å². The van der Waals surface area contributed by atoms with Crippen molar-refractivity contribution in [2.45, 2.75) is 11.3 Å². The molecule has 7 nitrogen and oxygen atoms in total. The van der Waals surface area contributed by atoms with Gasteiger partial charge in [-0.2, -0.15) is 0 Å². The molecule has 0 atom stereocenters. The zero-order valence-electron chi connectivity index (χ0n) is 13.2. The number of nitro benzene ring substituents is 1. The van der Waals surface area contributed by atoms with Gasteiger partial charge in [0.05, 0.1) is 11.3 Å². The largest absolute Gasteiger partial charge is 0.456 e. The van der Waals surface area contributed by atoms with Gasteiger partial charge < -0.3 is 10.1 Å². The highest BCUT2D eigenvalue weighted by molar-refractivity contribution is 7.99. The Labute approximate surface area is 148 Å². The monoisotopic (exact) mass is 360 g/mol. The number of para-hydroxylation sites is 2. The van der Waals surface area contributed by atoms with Crippen LogP contribution in [0.5, 0.6) is 0 Å². The number of hydrogen-bond donors (Lipinski definition) is 1. The minimum Gasteiger partial charge on any atom is -0.456 e. The number of nitrogens with zero attached hydrogens (tertiary/aromatic N) is 1. The van der Waals surface area contributed by atoms with Gasteiger partial charge in [0.2, 0.25) is 0 Å². The predicted molar refractivity (Wildman–Crippen MR) is 94.5 cm³/mol. The van der Waals surface area contributed by atoms with E-state index in [0.29, 0.717) is 5.75 Å². The molecule has 130 valence electrons. The lowest BCUT2D eigenvalue weighted by atomic mass is 10.2. The molecule has 0 radical (unpaired) electrons. The third kappa shape index (κ3) is 6.27. The standard InChI is InChI=1S/C17H16N2O5S/c20-16(18-14-8-4-5-9-15(14)19(22)23)12-24-17(21)10-11-25-13-6-2-1-3-7-13/h1-9H,10-12H2,(H,18,20). The van der Waals surface area contributed by atoms with Crippen molar-refractivity contribution in [3.05, 3.63) is 64.7 Å². The Balaban J connectivity index is 1.73. The summed E-state index contributed by atoms with van der Waals surface area (Å²) in [5.41, 5.74) is -0.158. The molecule has 2 rings (SSSR count). The summed E-state index contributed by atoms with van der Waals surface area (Å²) in [7, 11) is 0. The zero-order valence-corrected chi connectivity index (χ0v) is 14.0. The summed E-state index contributed by atoms with van der Waals surface area (Å²) in [5.74, 6) is -0.589. The van der Waals surface area contributed by atoms with Crippen LogP contribution in [0.15, 0.2) is 59.5 Å². The summed E-state index contributed by atoms with van der Waals surface area (Å²) in [6.45, 7) is -0.485. The van der Waals surface area contributed by atoms with E-state index >= 15 is 0 Å². The summed E-state index contributed by atoms with van der Waals surface area (Å²) in [6, 6.07) is 15.4. The van der Waals surface area contributed by atoms with Gasteiger partial charge in [-0.05, 0) is 18.2 Å². The minimum atomic E-state index is -0.627. The van der Waals surface area contributed by atoms with E-state index in [1.807, 2.05) is 30.3 Å². The third-order valence-corrected chi connectivity index (χ3v) is 4.07. The van der Waals surface area contributed by atoms with Gasteiger partial charge in [-0.15, -0.1) is 11.8 Å². The SMILES string of the molecule is O=C(COC(=O)CCSc1ccccc1)Nc1ccccc1[N+](=O)[O-]. The topological polar surface area (TPSA) is 98.5 Å². The van der Waals surface area contributed by atoms with Gasteiger partial charge in [-0.1, -0.05) is 30.3 Å². The van der Waals surface area contributed by atoms with Crippen molar-refractivity contribution in [1.82, 2.24) is 0 Å². The average Bonchev–Trinajstić information content (AvgIpc) is 2.61. The van der Waals surface area contributed by atoms with Crippen molar-refractivity contribution in [2.24, 2.45) is 0 Å². The van der Waals surface area contributed by atoms with Crippen LogP contribution >= 0.6 is 11.8 Å². The van der Waals surface area contributed by atoms with Crippen molar-refractivity contribution in [3.63, 3.8) is 0 Å². The van der Waals surface area contributed by atoms with Crippen molar-refractivity contribution >= 4 is 35.0 Å². The molecule has 1 amide bonds. The highest BCUT2D eigenvalue weighted by atomic mass is 32.2. The summed E-state index contributed by atoms with van der Waals surface area (Å²) >= 11 is 1.51. The molecule has 0 heterocycles. The molecule has 0 aliphatic carbocycles. The maximum absolute atomic E-state index is 11.8. The van der Waals surface area contributed by atoms with Gasteiger partial charge in [0.25, 0.3) is 11.6 Å². The normalized spacial score (nSPS) is 10.1. The van der Waals surface area contributed by atoms with Crippen molar-refractivity contribution in [3.8, 4) is 0 Å². The number of hydrogen-bond acceptors (Lipinski definition) is 6. The van der Waals surface area contributed by atoms with Crippen LogP contribution in [0.3, 0.4) is 0 Å². The highest BCUT2D eigenvalue weighted by Gasteiger charge is 2.15. The first-order valence-corrected chi connectivity index (χ1v) is 8.41. The Bertz CT molecular complexity index is 752. The second-order valence-corrected chi connectivity index (χ2v) is 6.06. The van der Waals surface area contributed by atoms with Crippen LogP contribution in [0, 0.1) is 10.1 Å². The number of thioether (sulfide) groups is 1. The Morgan fingerprint density at radius 3 is 2.48 bits per heavy atom. The van der Waals surface area contributed by atoms with E-state index in [0.717, 1.165) is 4.90 Å². The van der Waals surface area contributed by atoms with E-state index in [4.69, 9.17) is 4.74 Å². The molecule has 25 heavy (non-hydrogen) atoms. The second kappa shape index (κ2) is 9.43. The lowest BCUT2D eigenvalue weighted by Gasteiger charge is -2.07. The fourth-order valence-electron chi connectivity index (χ4n) is 1.91. The lowest BCUT2D eigenvalue weighted by Crippen LogP contribution is -2.21. The summed E-state index contributed by atoms with van der Waals surface area (Å²) in [6.07, 6.45) is 0.165. The second-order valence-electron chi connectivity index (χ2n) is 4.89. The fraction of sp³-hybridized carbons (Fsp3) is 0.176. The molecule has 0 bridgehead atoms. The molecule has 0 saturated heterocycles. The predicted octanol–water partition coefficient (Wildman–Crippen LogP) is 3.26. The van der Waals surface area contributed by atoms with E-state index in [1.54, 1.807) is 6.07 Å². The molecular weight excluding hydrogens is 344 g/mol. The van der Waals surface area contributed by atoms with Crippen molar-refractivity contribution < 1.29 is 19.2 Å². The summed E-state index contributed by atoms with van der Waals surface area (Å²) in [4.78, 5) is 34.7. The third-order valence-electron chi connectivity index (χ3n) is 3.06. The van der Waals surface area contributed by atoms with E-state index in [9.17, 15) is 19.7 Å². The molecule has 8 heteroatoms. The fourth-order valence-corrected chi connectivity index (χ4v) is 2.77. The number of nitrogens with one attached hydrogen (secondary N) is 1. The number of benzene rings is 2. The summed E-state index contributed by atoms with van der Waals surface area (Å²) in [5, 5.41) is 13.2. The van der Waals surface area contributed by atoms with E-state index in [-0.39, 0.29) is 17.8 Å². The Morgan fingerprint density at radius 2 is 1.76 bits per heavy atom. The summed E-state index contributed by atoms with van der Waals surface area (Å²) < 4.78 is 4.88. The van der Waals surface area contributed by atoms with Crippen LogP contribution < -0.4 is 5.32 Å². The molecule has 0 aromatic heterocycles. The van der Waals surface area contributed by atoms with Crippen LogP contribution in [-0.2, 0) is 14.3 Å². The molecule has 1 N–H and O–H groups in total. The van der Waals surface area contributed by atoms with Crippen LogP contribution in [0.1, 0.15) is 6.42 Å². The minimum absolute atomic E-state index is 0.0631. The van der Waals surface area contributed by atoms with Crippen molar-refractivity contribution in [1.29, 1.82) is 0 Å². The lowest BCUT2D eigenvalue weighted by molar-refractivity contribution is -0.383. The number of carbonyl (C=O) groups is 2. The number of nitro groups is 1. The quantitative estimate of drug-likeness (QED) is 0.336. The van der Waals surface area contributed by atoms with Gasteiger partial charge >= 0.3 is 5.97 Å². The van der Waals surface area contributed by atoms with E-state index in [1.165, 1.54) is 30.0 Å². The van der Waals surface area contributed by atoms with Gasteiger partial charge in [0.1, 0.15) is 5.69 Å². The van der Waals surface area contributed by atoms with Crippen LogP contribution in [0.25, 0.3) is 0 Å². The first kappa shape index (κ1) is 18.5. The zero-order chi connectivity index (χ0) is 18.1. The number of carbonyl (C=O) groups excluding carboxylic acids is 2. The molecule has 0 fully saturated rings. The molecule has 0 aliphatic heterocycles. The van der Waals surface area contributed by atoms with Gasteiger partial charge in [-0.25, -0.2) is 0 Å². The first-order valence-electron chi connectivity index (χ1n) is 7.43. The number of ether oxygens (including phenoxy) is 1. The number of anilines is 1. The Hall–Kier alpha value is -2.87. The Kier molecular flexibility index (Phi) is 6.97. The number of rotatable bonds is 8. The maximum atomic E-state index is 11.8. The molecule has 2 aromatic carbocycles. The maximum Gasteiger partial charge on any atom is 0.307 e. The van der Waals surface area contributed by atoms with Crippen LogP contribution in [0.2, 0.25) is 0 Å².